The molecule has 0 bridgehead atoms. The number of anilines is 1. The highest BCUT2D eigenvalue weighted by Crippen LogP contribution is 2.25. The number of aromatic nitrogens is 4. The lowest BCUT2D eigenvalue weighted by Gasteiger charge is -2.10. The van der Waals surface area contributed by atoms with E-state index < -0.39 is 5.25 Å². The highest BCUT2D eigenvalue weighted by Gasteiger charge is 2.19. The number of ether oxygens (including phenoxy) is 1. The molecule has 10 heteroatoms. The molecule has 0 aliphatic rings. The molecule has 0 saturated heterocycles. The van der Waals surface area contributed by atoms with E-state index >= 15 is 0 Å². The van der Waals surface area contributed by atoms with Crippen molar-refractivity contribution in [3.63, 3.8) is 0 Å². The molecule has 7 nitrogen and oxygen atoms in total. The molecule has 2 heterocycles. The van der Waals surface area contributed by atoms with Crippen molar-refractivity contribution in [2.45, 2.75) is 30.9 Å². The van der Waals surface area contributed by atoms with Gasteiger partial charge in [-0.2, -0.15) is 0 Å². The van der Waals surface area contributed by atoms with Gasteiger partial charge in [-0.1, -0.05) is 52.7 Å². The van der Waals surface area contributed by atoms with E-state index in [1.165, 1.54) is 24.0 Å². The first-order valence-electron chi connectivity index (χ1n) is 8.30. The van der Waals surface area contributed by atoms with Crippen LogP contribution in [0.4, 0.5) is 5.82 Å². The number of aryl methyl sites for hydroxylation is 1. The van der Waals surface area contributed by atoms with Crippen LogP contribution in [0.3, 0.4) is 0 Å². The van der Waals surface area contributed by atoms with Gasteiger partial charge in [-0.3, -0.25) is 9.89 Å². The van der Waals surface area contributed by atoms with Gasteiger partial charge in [0.15, 0.2) is 11.6 Å². The molecule has 28 heavy (non-hydrogen) atoms. The monoisotopic (exact) mass is 437 g/mol. The van der Waals surface area contributed by atoms with Crippen LogP contribution in [0.2, 0.25) is 10.0 Å². The molecule has 1 atom stereocenters. The van der Waals surface area contributed by atoms with Crippen molar-refractivity contribution in [3.8, 4) is 5.75 Å². The summed E-state index contributed by atoms with van der Waals surface area (Å²) in [5.41, 5.74) is 1.16. The van der Waals surface area contributed by atoms with Gasteiger partial charge in [0, 0.05) is 6.20 Å². The van der Waals surface area contributed by atoms with Crippen molar-refractivity contribution >= 4 is 46.7 Å². The first-order chi connectivity index (χ1) is 13.4. The average Bonchev–Trinajstić information content (AvgIpc) is 3.11. The summed E-state index contributed by atoms with van der Waals surface area (Å²) in [5.74, 6) is 1.30. The van der Waals surface area contributed by atoms with Crippen LogP contribution in [-0.2, 0) is 11.4 Å². The van der Waals surface area contributed by atoms with Crippen LogP contribution in [0, 0.1) is 6.92 Å². The third kappa shape index (κ3) is 5.60. The van der Waals surface area contributed by atoms with Crippen LogP contribution in [0.1, 0.15) is 18.3 Å². The van der Waals surface area contributed by atoms with Crippen LogP contribution in [0.25, 0.3) is 0 Å². The minimum absolute atomic E-state index is 0.251. The molecule has 1 aromatic carbocycles. The van der Waals surface area contributed by atoms with E-state index in [1.54, 1.807) is 6.92 Å². The lowest BCUT2D eigenvalue weighted by molar-refractivity contribution is -0.115. The second-order valence-electron chi connectivity index (χ2n) is 5.90. The van der Waals surface area contributed by atoms with Gasteiger partial charge in [0.1, 0.15) is 12.4 Å². The number of amides is 1. The van der Waals surface area contributed by atoms with Crippen molar-refractivity contribution in [2.24, 2.45) is 0 Å². The van der Waals surface area contributed by atoms with E-state index in [0.29, 0.717) is 16.0 Å². The van der Waals surface area contributed by atoms with Gasteiger partial charge in [0.05, 0.1) is 15.3 Å². The minimum Gasteiger partial charge on any atom is -0.486 e. The van der Waals surface area contributed by atoms with E-state index in [1.807, 2.05) is 31.2 Å². The summed E-state index contributed by atoms with van der Waals surface area (Å²) < 4.78 is 5.66. The topological polar surface area (TPSA) is 92.8 Å². The number of rotatable bonds is 7. The number of hydrogen-bond donors (Lipinski definition) is 2. The van der Waals surface area contributed by atoms with Crippen molar-refractivity contribution in [1.29, 1.82) is 0 Å². The van der Waals surface area contributed by atoms with Crippen LogP contribution in [-0.4, -0.2) is 31.3 Å². The molecule has 0 spiro atoms. The molecule has 2 aromatic heterocycles. The Hall–Kier alpha value is -2.29. The van der Waals surface area contributed by atoms with Crippen molar-refractivity contribution in [2.75, 3.05) is 5.32 Å². The zero-order valence-corrected chi connectivity index (χ0v) is 17.4. The number of nitrogens with one attached hydrogen (secondary N) is 2. The maximum absolute atomic E-state index is 12.3. The average molecular weight is 438 g/mol. The quantitative estimate of drug-likeness (QED) is 0.528. The smallest absolute Gasteiger partial charge is 0.238 e. The maximum atomic E-state index is 12.3. The SMILES string of the molecule is Cc1ccc(OCc2nc(SC(C)C(=O)Nc3ncc(Cl)cc3Cl)n[nH]2)cc1. The number of carbonyl (C=O) groups excluding carboxylic acids is 1. The molecule has 0 aliphatic carbocycles. The van der Waals surface area contributed by atoms with E-state index in [0.717, 1.165) is 11.3 Å². The highest BCUT2D eigenvalue weighted by molar-refractivity contribution is 8.00. The maximum Gasteiger partial charge on any atom is 0.238 e. The molecule has 0 saturated carbocycles. The Labute approximate surface area is 176 Å². The normalized spacial score (nSPS) is 11.9. The van der Waals surface area contributed by atoms with Gasteiger partial charge in [0.25, 0.3) is 0 Å². The standard InChI is InChI=1S/C18H17Cl2N5O2S/c1-10-3-5-13(6-4-10)27-9-15-22-18(25-24-15)28-11(2)17(26)23-16-14(20)7-12(19)8-21-16/h3-8,11H,9H2,1-2H3,(H,21,23,26)(H,22,24,25). The summed E-state index contributed by atoms with van der Waals surface area (Å²) in [4.78, 5) is 20.7. The number of H-pyrrole nitrogens is 1. The first-order valence-corrected chi connectivity index (χ1v) is 9.93. The number of pyridine rings is 1. The van der Waals surface area contributed by atoms with Crippen molar-refractivity contribution in [3.05, 3.63) is 58.0 Å². The van der Waals surface area contributed by atoms with E-state index in [9.17, 15) is 4.79 Å². The fraction of sp³-hybridized carbons (Fsp3) is 0.222. The first kappa shape index (κ1) is 20.4. The molecule has 146 valence electrons. The number of carbonyl (C=O) groups is 1. The van der Waals surface area contributed by atoms with Gasteiger partial charge in [0.2, 0.25) is 11.1 Å². The van der Waals surface area contributed by atoms with Crippen LogP contribution in [0.15, 0.2) is 41.7 Å². The van der Waals surface area contributed by atoms with Gasteiger partial charge >= 0.3 is 0 Å². The summed E-state index contributed by atoms with van der Waals surface area (Å²) in [5, 5.41) is 10.2. The van der Waals surface area contributed by atoms with Crippen LogP contribution in [0.5, 0.6) is 5.75 Å². The summed E-state index contributed by atoms with van der Waals surface area (Å²) in [6.07, 6.45) is 1.41. The molecule has 1 unspecified atom stereocenters. The van der Waals surface area contributed by atoms with E-state index in [-0.39, 0.29) is 23.4 Å². The Morgan fingerprint density at radius 3 is 2.79 bits per heavy atom. The van der Waals surface area contributed by atoms with Gasteiger partial charge in [-0.05, 0) is 32.0 Å². The number of benzene rings is 1. The lowest BCUT2D eigenvalue weighted by atomic mass is 10.2. The summed E-state index contributed by atoms with van der Waals surface area (Å²) in [7, 11) is 0. The Bertz CT molecular complexity index is 965. The molecule has 3 rings (SSSR count). The molecule has 3 aromatic rings. The predicted molar refractivity (Wildman–Crippen MR) is 110 cm³/mol. The number of aromatic amines is 1. The molecular formula is C18H17Cl2N5O2S. The third-order valence-corrected chi connectivity index (χ3v) is 5.06. The van der Waals surface area contributed by atoms with Gasteiger partial charge in [-0.15, -0.1) is 5.10 Å². The highest BCUT2D eigenvalue weighted by atomic mass is 35.5. The summed E-state index contributed by atoms with van der Waals surface area (Å²) in [6, 6.07) is 9.24. The van der Waals surface area contributed by atoms with Crippen molar-refractivity contribution in [1.82, 2.24) is 20.2 Å². The Kier molecular flexibility index (Phi) is 6.77. The number of hydrogen-bond acceptors (Lipinski definition) is 6. The zero-order chi connectivity index (χ0) is 20.1. The predicted octanol–water partition coefficient (Wildman–Crippen LogP) is 4.51. The number of nitrogens with zero attached hydrogens (tertiary/aromatic N) is 3. The Morgan fingerprint density at radius 2 is 2.07 bits per heavy atom. The van der Waals surface area contributed by atoms with Gasteiger partial charge < -0.3 is 10.1 Å². The molecule has 2 N–H and O–H groups in total. The fourth-order valence-electron chi connectivity index (χ4n) is 2.12. The summed E-state index contributed by atoms with van der Waals surface area (Å²) in [6.45, 7) is 4.00. The van der Waals surface area contributed by atoms with Crippen LogP contribution >= 0.6 is 35.0 Å². The largest absolute Gasteiger partial charge is 0.486 e. The van der Waals surface area contributed by atoms with Gasteiger partial charge in [-0.25, -0.2) is 9.97 Å². The second kappa shape index (κ2) is 9.27. The molecule has 1 amide bonds. The third-order valence-electron chi connectivity index (χ3n) is 3.61. The summed E-state index contributed by atoms with van der Waals surface area (Å²) >= 11 is 13.0. The molecule has 0 fully saturated rings. The lowest BCUT2D eigenvalue weighted by Crippen LogP contribution is -2.23. The minimum atomic E-state index is -0.463. The number of thioether (sulfide) groups is 1. The Balaban J connectivity index is 1.53. The van der Waals surface area contributed by atoms with Crippen LogP contribution < -0.4 is 10.1 Å². The number of halogens is 2. The molecule has 0 radical (unpaired) electrons. The zero-order valence-electron chi connectivity index (χ0n) is 15.1. The van der Waals surface area contributed by atoms with E-state index in [2.05, 4.69) is 25.5 Å². The molecule has 0 aliphatic heterocycles. The van der Waals surface area contributed by atoms with E-state index in [4.69, 9.17) is 27.9 Å². The van der Waals surface area contributed by atoms with Crippen molar-refractivity contribution < 1.29 is 9.53 Å². The Morgan fingerprint density at radius 1 is 1.32 bits per heavy atom. The molecular weight excluding hydrogens is 421 g/mol. The fourth-order valence-corrected chi connectivity index (χ4v) is 3.29. The second-order valence-corrected chi connectivity index (χ2v) is 8.05.